The van der Waals surface area contributed by atoms with Gasteiger partial charge >= 0.3 is 0 Å². The van der Waals surface area contributed by atoms with Gasteiger partial charge in [-0.05, 0) is 26.0 Å². The molecule has 0 heterocycles. The van der Waals surface area contributed by atoms with Crippen LogP contribution < -0.4 is 10.6 Å². The molecule has 0 aliphatic carbocycles. The van der Waals surface area contributed by atoms with Crippen LogP contribution in [0.1, 0.15) is 31.1 Å². The van der Waals surface area contributed by atoms with E-state index < -0.39 is 0 Å². The van der Waals surface area contributed by atoms with Crippen LogP contribution in [0.15, 0.2) is 24.3 Å². The normalized spacial score (nSPS) is 10.0. The molecule has 0 unspecified atom stereocenters. The van der Waals surface area contributed by atoms with Gasteiger partial charge in [-0.3, -0.25) is 9.59 Å². The van der Waals surface area contributed by atoms with Crippen LogP contribution in [0.4, 0.5) is 5.69 Å². The van der Waals surface area contributed by atoms with E-state index in [9.17, 15) is 9.59 Å². The lowest BCUT2D eigenvalue weighted by atomic mass is 10.1. The third-order valence-electron chi connectivity index (χ3n) is 2.11. The van der Waals surface area contributed by atoms with Crippen molar-refractivity contribution in [2.45, 2.75) is 26.8 Å². The molecule has 0 spiro atoms. The van der Waals surface area contributed by atoms with E-state index in [4.69, 9.17) is 12.2 Å². The molecule has 1 rings (SSSR count). The lowest BCUT2D eigenvalue weighted by molar-refractivity contribution is -0.114. The van der Waals surface area contributed by atoms with Crippen LogP contribution in [-0.4, -0.2) is 22.7 Å². The molecule has 0 fully saturated rings. The summed E-state index contributed by atoms with van der Waals surface area (Å²) in [6, 6.07) is 6.89. The first-order valence-corrected chi connectivity index (χ1v) is 6.04. The highest BCUT2D eigenvalue weighted by Crippen LogP contribution is 2.16. The average molecular weight is 264 g/mol. The number of ketones is 1. The summed E-state index contributed by atoms with van der Waals surface area (Å²) in [6.45, 7) is 5.20. The third-order valence-corrected chi connectivity index (χ3v) is 2.41. The van der Waals surface area contributed by atoms with E-state index in [1.54, 1.807) is 24.3 Å². The van der Waals surface area contributed by atoms with E-state index in [0.717, 1.165) is 0 Å². The predicted molar refractivity (Wildman–Crippen MR) is 75.9 cm³/mol. The monoisotopic (exact) mass is 264 g/mol. The molecule has 0 aromatic heterocycles. The molecule has 1 aromatic carbocycles. The Hall–Kier alpha value is -1.75. The van der Waals surface area contributed by atoms with Gasteiger partial charge in [0.2, 0.25) is 11.7 Å². The number of hydrogen-bond acceptors (Lipinski definition) is 3. The molecule has 1 aromatic rings. The van der Waals surface area contributed by atoms with Crippen LogP contribution in [0.25, 0.3) is 0 Å². The molecule has 0 aliphatic rings. The number of nitrogens with one attached hydrogen (secondary N) is 2. The second-order valence-electron chi connectivity index (χ2n) is 4.18. The molecule has 0 saturated carbocycles. The van der Waals surface area contributed by atoms with Crippen LogP contribution in [-0.2, 0) is 4.79 Å². The number of carbonyl (C=O) groups is 2. The summed E-state index contributed by atoms with van der Waals surface area (Å²) < 4.78 is 0. The maximum atomic E-state index is 12.1. The minimum atomic E-state index is -0.289. The molecular formula is C13H16N2O2S. The fourth-order valence-electron chi connectivity index (χ4n) is 1.43. The van der Waals surface area contributed by atoms with Crippen molar-refractivity contribution in [3.05, 3.63) is 29.8 Å². The highest BCUT2D eigenvalue weighted by molar-refractivity contribution is 7.82. The summed E-state index contributed by atoms with van der Waals surface area (Å²) in [4.78, 5) is 23.3. The zero-order chi connectivity index (χ0) is 13.7. The largest absolute Gasteiger partial charge is 0.371 e. The zero-order valence-corrected chi connectivity index (χ0v) is 11.4. The minimum absolute atomic E-state index is 0.0920. The first kappa shape index (κ1) is 14.3. The van der Waals surface area contributed by atoms with Gasteiger partial charge in [-0.25, -0.2) is 0 Å². The SMILES string of the molecule is CC(=O)Nc1ccccc1C(=O)C(=S)NC(C)C. The third kappa shape index (κ3) is 3.92. The van der Waals surface area contributed by atoms with Gasteiger partial charge in [0.25, 0.3) is 0 Å². The number of anilines is 1. The van der Waals surface area contributed by atoms with Crippen molar-refractivity contribution in [3.8, 4) is 0 Å². The predicted octanol–water partition coefficient (Wildman–Crippen LogP) is 2.15. The maximum absolute atomic E-state index is 12.1. The summed E-state index contributed by atoms with van der Waals surface area (Å²) in [5, 5.41) is 5.51. The van der Waals surface area contributed by atoms with E-state index >= 15 is 0 Å². The topological polar surface area (TPSA) is 58.2 Å². The van der Waals surface area contributed by atoms with Gasteiger partial charge < -0.3 is 10.6 Å². The number of thiocarbonyl (C=S) groups is 1. The quantitative estimate of drug-likeness (QED) is 0.646. The van der Waals surface area contributed by atoms with Crippen molar-refractivity contribution in [2.75, 3.05) is 5.32 Å². The van der Waals surface area contributed by atoms with Gasteiger partial charge in [-0.1, -0.05) is 24.4 Å². The second kappa shape index (κ2) is 6.26. The van der Waals surface area contributed by atoms with Gasteiger partial charge in [0, 0.05) is 18.5 Å². The highest BCUT2D eigenvalue weighted by atomic mass is 32.1. The second-order valence-corrected chi connectivity index (χ2v) is 4.59. The summed E-state index contributed by atoms with van der Waals surface area (Å²) in [5.74, 6) is -0.513. The van der Waals surface area contributed by atoms with Crippen molar-refractivity contribution >= 4 is 34.6 Å². The van der Waals surface area contributed by atoms with Gasteiger partial charge in [-0.15, -0.1) is 0 Å². The fraction of sp³-hybridized carbons (Fsp3) is 0.308. The van der Waals surface area contributed by atoms with Gasteiger partial charge in [-0.2, -0.15) is 0 Å². The Morgan fingerprint density at radius 2 is 1.83 bits per heavy atom. The molecule has 96 valence electrons. The Morgan fingerprint density at radius 1 is 1.22 bits per heavy atom. The number of rotatable bonds is 4. The van der Waals surface area contributed by atoms with Crippen molar-refractivity contribution < 1.29 is 9.59 Å². The Labute approximate surface area is 112 Å². The number of Topliss-reactive ketones (excluding diaryl/α,β-unsaturated/α-hetero) is 1. The molecule has 4 nitrogen and oxygen atoms in total. The molecule has 0 bridgehead atoms. The standard InChI is InChI=1S/C13H16N2O2S/c1-8(2)14-13(18)12(17)10-6-4-5-7-11(10)15-9(3)16/h4-8H,1-3H3,(H,14,18)(H,15,16). The van der Waals surface area contributed by atoms with Crippen molar-refractivity contribution in [3.63, 3.8) is 0 Å². The Balaban J connectivity index is 2.98. The fourth-order valence-corrected chi connectivity index (χ4v) is 1.78. The molecule has 0 aliphatic heterocycles. The van der Waals surface area contributed by atoms with Crippen molar-refractivity contribution in [2.24, 2.45) is 0 Å². The highest BCUT2D eigenvalue weighted by Gasteiger charge is 2.16. The van der Waals surface area contributed by atoms with Crippen LogP contribution in [0.5, 0.6) is 0 Å². The van der Waals surface area contributed by atoms with Gasteiger partial charge in [0.1, 0.15) is 4.99 Å². The van der Waals surface area contributed by atoms with Crippen LogP contribution >= 0.6 is 12.2 Å². The molecule has 18 heavy (non-hydrogen) atoms. The van der Waals surface area contributed by atoms with Crippen molar-refractivity contribution in [1.82, 2.24) is 5.32 Å². The van der Waals surface area contributed by atoms with Gasteiger partial charge in [0.15, 0.2) is 0 Å². The number of carbonyl (C=O) groups excluding carboxylic acids is 2. The first-order chi connectivity index (χ1) is 8.41. The minimum Gasteiger partial charge on any atom is -0.371 e. The summed E-state index contributed by atoms with van der Waals surface area (Å²) in [7, 11) is 0. The van der Waals surface area contributed by atoms with Crippen LogP contribution in [0.3, 0.4) is 0 Å². The molecule has 0 radical (unpaired) electrons. The average Bonchev–Trinajstić information content (AvgIpc) is 2.27. The Kier molecular flexibility index (Phi) is 4.97. The number of benzene rings is 1. The van der Waals surface area contributed by atoms with E-state index in [2.05, 4.69) is 10.6 Å². The molecule has 5 heteroatoms. The number of amides is 1. The first-order valence-electron chi connectivity index (χ1n) is 5.63. The Bertz CT molecular complexity index is 484. The van der Waals surface area contributed by atoms with E-state index in [1.165, 1.54) is 6.92 Å². The van der Waals surface area contributed by atoms with E-state index in [-0.39, 0.29) is 22.7 Å². The number of para-hydroxylation sites is 1. The maximum Gasteiger partial charge on any atom is 0.222 e. The van der Waals surface area contributed by atoms with Crippen LogP contribution in [0, 0.1) is 0 Å². The molecular weight excluding hydrogens is 248 g/mol. The summed E-state index contributed by atoms with van der Waals surface area (Å²) >= 11 is 5.03. The molecule has 2 N–H and O–H groups in total. The molecule has 0 atom stereocenters. The summed E-state index contributed by atoms with van der Waals surface area (Å²) in [5.41, 5.74) is 0.869. The zero-order valence-electron chi connectivity index (χ0n) is 10.6. The Morgan fingerprint density at radius 3 is 2.39 bits per heavy atom. The van der Waals surface area contributed by atoms with Crippen molar-refractivity contribution in [1.29, 1.82) is 0 Å². The molecule has 1 amide bonds. The number of hydrogen-bond donors (Lipinski definition) is 2. The molecule has 0 saturated heterocycles. The lowest BCUT2D eigenvalue weighted by Crippen LogP contribution is -2.34. The van der Waals surface area contributed by atoms with Gasteiger partial charge in [0.05, 0.1) is 5.69 Å². The smallest absolute Gasteiger partial charge is 0.222 e. The lowest BCUT2D eigenvalue weighted by Gasteiger charge is -2.12. The van der Waals surface area contributed by atoms with E-state index in [0.29, 0.717) is 11.3 Å². The summed E-state index contributed by atoms with van der Waals surface area (Å²) in [6.07, 6.45) is 0. The van der Waals surface area contributed by atoms with Crippen LogP contribution in [0.2, 0.25) is 0 Å². The van der Waals surface area contributed by atoms with E-state index in [1.807, 2.05) is 13.8 Å².